The third kappa shape index (κ3) is 4.91. The van der Waals surface area contributed by atoms with Gasteiger partial charge in [-0.2, -0.15) is 13.2 Å². The Morgan fingerprint density at radius 1 is 1.00 bits per heavy atom. The van der Waals surface area contributed by atoms with Crippen LogP contribution in [0.3, 0.4) is 0 Å². The molecule has 0 N–H and O–H groups in total. The molecule has 0 atom stereocenters. The number of hydrogen-bond donors (Lipinski definition) is 0. The Kier molecular flexibility index (Phi) is 6.74. The molecule has 4 aromatic rings. The molecule has 2 aromatic heterocycles. The summed E-state index contributed by atoms with van der Waals surface area (Å²) in [6, 6.07) is 12.2. The average Bonchev–Trinajstić information content (AvgIpc) is 3.37. The Bertz CT molecular complexity index is 1610. The summed E-state index contributed by atoms with van der Waals surface area (Å²) < 4.78 is 46.4. The Balaban J connectivity index is 1.72. The van der Waals surface area contributed by atoms with Crippen molar-refractivity contribution >= 4 is 17.3 Å². The van der Waals surface area contributed by atoms with E-state index < -0.39 is 23.3 Å². The van der Waals surface area contributed by atoms with E-state index in [1.165, 1.54) is 29.5 Å². The Morgan fingerprint density at radius 3 is 2.23 bits per heavy atom. The highest BCUT2D eigenvalue weighted by Crippen LogP contribution is 2.35. The smallest absolute Gasteiger partial charge is 0.416 e. The van der Waals surface area contributed by atoms with Gasteiger partial charge in [0.25, 0.3) is 5.56 Å². The van der Waals surface area contributed by atoms with Crippen LogP contribution >= 0.6 is 11.3 Å². The number of carbonyl (C=O) groups is 1. The normalized spacial score (nSPS) is 14.7. The van der Waals surface area contributed by atoms with E-state index in [4.69, 9.17) is 4.74 Å². The standard InChI is InChI=1S/C30H27F3N2O3S/c1-5-17-8-7-9-18(6-2)25(17)35-24-15-29(3,4)38-28(37)22(24)14-21(27(35)36)23-16-39-26(34-23)19-10-12-20(13-11-19)30(31,32)33/h7-14,16H,5-6,15H2,1-4H3. The molecule has 0 unspecified atom stereocenters. The van der Waals surface area contributed by atoms with Crippen LogP contribution in [0.2, 0.25) is 0 Å². The Labute approximate surface area is 227 Å². The summed E-state index contributed by atoms with van der Waals surface area (Å²) in [6.07, 6.45) is -2.69. The first kappa shape index (κ1) is 26.9. The molecule has 0 amide bonds. The number of halogens is 3. The van der Waals surface area contributed by atoms with Gasteiger partial charge in [-0.1, -0.05) is 44.2 Å². The van der Waals surface area contributed by atoms with Crippen LogP contribution in [-0.2, 0) is 30.2 Å². The summed E-state index contributed by atoms with van der Waals surface area (Å²) >= 11 is 1.22. The number of thiazole rings is 1. The molecule has 39 heavy (non-hydrogen) atoms. The van der Waals surface area contributed by atoms with Crippen LogP contribution in [0.15, 0.2) is 58.7 Å². The van der Waals surface area contributed by atoms with E-state index in [0.717, 1.165) is 28.9 Å². The first-order valence-corrected chi connectivity index (χ1v) is 13.6. The number of nitrogens with zero attached hydrogens (tertiary/aromatic N) is 2. The van der Waals surface area contributed by atoms with E-state index in [-0.39, 0.29) is 11.1 Å². The van der Waals surface area contributed by atoms with Crippen molar-refractivity contribution in [2.24, 2.45) is 0 Å². The molecule has 3 heterocycles. The lowest BCUT2D eigenvalue weighted by atomic mass is 9.92. The fourth-order valence-electron chi connectivity index (χ4n) is 5.00. The predicted octanol–water partition coefficient (Wildman–Crippen LogP) is 7.26. The van der Waals surface area contributed by atoms with Crippen molar-refractivity contribution in [3.63, 3.8) is 0 Å². The average molecular weight is 553 g/mol. The number of aromatic nitrogens is 2. The number of benzene rings is 2. The zero-order valence-electron chi connectivity index (χ0n) is 22.0. The number of ether oxygens (including phenoxy) is 1. The van der Waals surface area contributed by atoms with E-state index in [0.29, 0.717) is 46.8 Å². The van der Waals surface area contributed by atoms with Crippen LogP contribution in [0.25, 0.3) is 27.5 Å². The fourth-order valence-corrected chi connectivity index (χ4v) is 5.83. The zero-order valence-corrected chi connectivity index (χ0v) is 22.8. The maximum absolute atomic E-state index is 14.2. The number of alkyl halides is 3. The van der Waals surface area contributed by atoms with E-state index in [1.54, 1.807) is 9.95 Å². The number of rotatable bonds is 5. The highest BCUT2D eigenvalue weighted by Gasteiger charge is 2.37. The molecular weight excluding hydrogens is 525 g/mol. The molecule has 202 valence electrons. The summed E-state index contributed by atoms with van der Waals surface area (Å²) in [5, 5.41) is 2.15. The Morgan fingerprint density at radius 2 is 1.64 bits per heavy atom. The lowest BCUT2D eigenvalue weighted by Crippen LogP contribution is -2.40. The van der Waals surface area contributed by atoms with Crippen molar-refractivity contribution in [2.45, 2.75) is 58.7 Å². The summed E-state index contributed by atoms with van der Waals surface area (Å²) in [4.78, 5) is 32.0. The van der Waals surface area contributed by atoms with Gasteiger partial charge in [-0.05, 0) is 56.0 Å². The van der Waals surface area contributed by atoms with Crippen LogP contribution in [0.1, 0.15) is 60.4 Å². The molecule has 5 rings (SSSR count). The second-order valence-corrected chi connectivity index (χ2v) is 11.0. The molecular formula is C30H27F3N2O3S. The van der Waals surface area contributed by atoms with Gasteiger partial charge >= 0.3 is 12.1 Å². The van der Waals surface area contributed by atoms with Gasteiger partial charge < -0.3 is 4.74 Å². The molecule has 1 aliphatic rings. The molecule has 0 saturated carbocycles. The molecule has 0 spiro atoms. The molecule has 1 aliphatic heterocycles. The molecule has 5 nitrogen and oxygen atoms in total. The fraction of sp³-hybridized carbons (Fsp3) is 0.300. The summed E-state index contributed by atoms with van der Waals surface area (Å²) in [6.45, 7) is 7.68. The van der Waals surface area contributed by atoms with Crippen molar-refractivity contribution in [3.05, 3.63) is 92.2 Å². The minimum absolute atomic E-state index is 0.229. The molecule has 0 bridgehead atoms. The quantitative estimate of drug-likeness (QED) is 0.245. The summed E-state index contributed by atoms with van der Waals surface area (Å²) in [7, 11) is 0. The number of carbonyl (C=O) groups excluding carboxylic acids is 1. The summed E-state index contributed by atoms with van der Waals surface area (Å²) in [5.41, 5.74) is 2.88. The van der Waals surface area contributed by atoms with Crippen molar-refractivity contribution in [3.8, 4) is 27.5 Å². The molecule has 0 fully saturated rings. The minimum atomic E-state index is -4.43. The van der Waals surface area contributed by atoms with E-state index in [1.807, 2.05) is 45.9 Å². The Hall–Kier alpha value is -3.72. The molecule has 0 radical (unpaired) electrons. The highest BCUT2D eigenvalue weighted by molar-refractivity contribution is 7.13. The van der Waals surface area contributed by atoms with Gasteiger partial charge in [-0.3, -0.25) is 9.36 Å². The van der Waals surface area contributed by atoms with Gasteiger partial charge in [-0.25, -0.2) is 9.78 Å². The maximum atomic E-state index is 14.2. The predicted molar refractivity (Wildman–Crippen MR) is 146 cm³/mol. The number of aryl methyl sites for hydroxylation is 2. The number of cyclic esters (lactones) is 1. The number of pyridine rings is 1. The van der Waals surface area contributed by atoms with Gasteiger partial charge in [0, 0.05) is 23.1 Å². The van der Waals surface area contributed by atoms with Gasteiger partial charge in [0.15, 0.2) is 0 Å². The minimum Gasteiger partial charge on any atom is -0.456 e. The van der Waals surface area contributed by atoms with Gasteiger partial charge in [-0.15, -0.1) is 11.3 Å². The lowest BCUT2D eigenvalue weighted by Gasteiger charge is -2.33. The van der Waals surface area contributed by atoms with Crippen LogP contribution < -0.4 is 5.56 Å². The van der Waals surface area contributed by atoms with Gasteiger partial charge in [0.2, 0.25) is 0 Å². The summed E-state index contributed by atoms with van der Waals surface area (Å²) in [5.74, 6) is -0.513. The van der Waals surface area contributed by atoms with Crippen molar-refractivity contribution < 1.29 is 22.7 Å². The number of hydrogen-bond acceptors (Lipinski definition) is 5. The van der Waals surface area contributed by atoms with Gasteiger partial charge in [0.1, 0.15) is 10.6 Å². The molecule has 9 heteroatoms. The first-order valence-electron chi connectivity index (χ1n) is 12.7. The molecule has 2 aromatic carbocycles. The lowest BCUT2D eigenvalue weighted by molar-refractivity contribution is -0.137. The van der Waals surface area contributed by atoms with E-state index in [2.05, 4.69) is 4.98 Å². The largest absolute Gasteiger partial charge is 0.456 e. The maximum Gasteiger partial charge on any atom is 0.416 e. The number of para-hydroxylation sites is 1. The molecule has 0 saturated heterocycles. The third-order valence-electron chi connectivity index (χ3n) is 6.91. The molecule has 0 aliphatic carbocycles. The SMILES string of the molecule is CCc1cccc(CC)c1-n1c2c(cc(-c3csc(-c4ccc(C(F)(F)F)cc4)n3)c1=O)C(=O)OC(C)(C)C2. The van der Waals surface area contributed by atoms with Crippen LogP contribution in [-0.4, -0.2) is 21.1 Å². The van der Waals surface area contributed by atoms with E-state index >= 15 is 0 Å². The van der Waals surface area contributed by atoms with Gasteiger partial charge in [0.05, 0.1) is 28.1 Å². The van der Waals surface area contributed by atoms with Crippen LogP contribution in [0.5, 0.6) is 0 Å². The zero-order chi connectivity index (χ0) is 28.1. The van der Waals surface area contributed by atoms with Crippen molar-refractivity contribution in [1.82, 2.24) is 9.55 Å². The number of esters is 1. The second kappa shape index (κ2) is 9.79. The topological polar surface area (TPSA) is 61.2 Å². The van der Waals surface area contributed by atoms with Crippen molar-refractivity contribution in [1.29, 1.82) is 0 Å². The van der Waals surface area contributed by atoms with Crippen LogP contribution in [0, 0.1) is 0 Å². The van der Waals surface area contributed by atoms with Crippen molar-refractivity contribution in [2.75, 3.05) is 0 Å². The highest BCUT2D eigenvalue weighted by atomic mass is 32.1. The first-order chi connectivity index (χ1) is 18.4. The monoisotopic (exact) mass is 552 g/mol. The van der Waals surface area contributed by atoms with Crippen LogP contribution in [0.4, 0.5) is 13.2 Å². The second-order valence-electron chi connectivity index (χ2n) is 10.1. The third-order valence-corrected chi connectivity index (χ3v) is 7.80. The number of fused-ring (bicyclic) bond motifs is 1. The van der Waals surface area contributed by atoms with E-state index in [9.17, 15) is 22.8 Å².